The Bertz CT molecular complexity index is 1370. The predicted molar refractivity (Wildman–Crippen MR) is 158 cm³/mol. The fraction of sp³-hybridized carbons (Fsp3) is 0.441. The normalized spacial score (nSPS) is 20.1. The Morgan fingerprint density at radius 1 is 0.930 bits per heavy atom. The van der Waals surface area contributed by atoms with Crippen molar-refractivity contribution in [2.45, 2.75) is 51.8 Å². The molecule has 0 amide bonds. The second-order valence-electron chi connectivity index (χ2n) is 11.6. The summed E-state index contributed by atoms with van der Waals surface area (Å²) in [6, 6.07) is 17.4. The fourth-order valence-corrected chi connectivity index (χ4v) is 5.81. The van der Waals surface area contributed by atoms with Crippen LogP contribution in [-0.4, -0.2) is 55.9 Å². The predicted octanol–water partition coefficient (Wildman–Crippen LogP) is 5.88. The standard InChI is InChI=1S/C34H39F3N2O4/c1-4-41-34(40)32(43-26-11-7-23(8-12-26)21(2)3)15-22-5-9-25(10-6-22)42-14-13-38-33-27-19-39(20-28(27)33)18-24-16-30(36)31(37)17-29(24)35/h5-12,16-17,21,27-28,32-33,38H,4,13-15,18-20H2,1-3H3/t27-,28+,32-,33?/m0/s1. The van der Waals surface area contributed by atoms with E-state index in [0.717, 1.165) is 30.5 Å². The minimum Gasteiger partial charge on any atom is -0.492 e. The molecule has 3 aromatic rings. The van der Waals surface area contributed by atoms with Gasteiger partial charge in [0.1, 0.15) is 23.9 Å². The van der Waals surface area contributed by atoms with E-state index in [0.29, 0.717) is 55.2 Å². The number of esters is 1. The molecule has 1 aliphatic heterocycles. The van der Waals surface area contributed by atoms with Crippen molar-refractivity contribution in [2.75, 3.05) is 32.8 Å². The molecule has 5 rings (SSSR count). The highest BCUT2D eigenvalue weighted by Gasteiger charge is 2.55. The Hall–Kier alpha value is -3.56. The van der Waals surface area contributed by atoms with Gasteiger partial charge in [0.05, 0.1) is 6.61 Å². The van der Waals surface area contributed by atoms with Gasteiger partial charge in [-0.1, -0.05) is 38.1 Å². The molecule has 230 valence electrons. The molecule has 0 radical (unpaired) electrons. The summed E-state index contributed by atoms with van der Waals surface area (Å²) in [5.74, 6) is -0.583. The first-order valence-corrected chi connectivity index (χ1v) is 15.0. The lowest BCUT2D eigenvalue weighted by Gasteiger charge is -2.20. The van der Waals surface area contributed by atoms with E-state index in [1.165, 1.54) is 5.56 Å². The maximum atomic E-state index is 14.0. The lowest BCUT2D eigenvalue weighted by molar-refractivity contribution is -0.151. The number of nitrogens with one attached hydrogen (secondary N) is 1. The number of carbonyl (C=O) groups is 1. The Morgan fingerprint density at radius 3 is 2.23 bits per heavy atom. The van der Waals surface area contributed by atoms with Crippen molar-refractivity contribution in [2.24, 2.45) is 11.8 Å². The van der Waals surface area contributed by atoms with Crippen LogP contribution in [0.5, 0.6) is 11.5 Å². The van der Waals surface area contributed by atoms with Crippen molar-refractivity contribution >= 4 is 5.97 Å². The van der Waals surface area contributed by atoms with Crippen LogP contribution in [0, 0.1) is 29.3 Å². The third-order valence-electron chi connectivity index (χ3n) is 8.22. The van der Waals surface area contributed by atoms with Crippen LogP contribution in [0.1, 0.15) is 43.4 Å². The molecule has 0 spiro atoms. The van der Waals surface area contributed by atoms with Crippen LogP contribution in [0.15, 0.2) is 60.7 Å². The van der Waals surface area contributed by atoms with Crippen LogP contribution in [0.2, 0.25) is 0 Å². The molecule has 1 saturated carbocycles. The number of likely N-dealkylation sites (tertiary alicyclic amines) is 1. The van der Waals surface area contributed by atoms with E-state index in [4.69, 9.17) is 14.2 Å². The van der Waals surface area contributed by atoms with E-state index in [-0.39, 0.29) is 18.7 Å². The smallest absolute Gasteiger partial charge is 0.347 e. The Kier molecular flexibility index (Phi) is 9.93. The highest BCUT2D eigenvalue weighted by molar-refractivity contribution is 5.75. The molecule has 1 saturated heterocycles. The fourth-order valence-electron chi connectivity index (χ4n) is 5.81. The van der Waals surface area contributed by atoms with Gasteiger partial charge in [-0.2, -0.15) is 0 Å². The zero-order chi connectivity index (χ0) is 30.5. The number of hydrogen-bond donors (Lipinski definition) is 1. The summed E-state index contributed by atoms with van der Waals surface area (Å²) < 4.78 is 57.9. The number of fused-ring (bicyclic) bond motifs is 1. The van der Waals surface area contributed by atoms with Crippen LogP contribution in [0.4, 0.5) is 13.2 Å². The van der Waals surface area contributed by atoms with Crippen LogP contribution in [0.25, 0.3) is 0 Å². The summed E-state index contributed by atoms with van der Waals surface area (Å²) in [5.41, 5.74) is 2.32. The lowest BCUT2D eigenvalue weighted by Crippen LogP contribution is -2.33. The molecule has 0 bridgehead atoms. The molecular formula is C34H39F3N2O4. The highest BCUT2D eigenvalue weighted by atomic mass is 19.2. The van der Waals surface area contributed by atoms with Gasteiger partial charge in [0, 0.05) is 50.3 Å². The topological polar surface area (TPSA) is 60.0 Å². The Balaban J connectivity index is 1.03. The number of carbonyl (C=O) groups excluding carboxylic acids is 1. The highest BCUT2D eigenvalue weighted by Crippen LogP contribution is 2.45. The van der Waals surface area contributed by atoms with E-state index in [1.807, 2.05) is 48.5 Å². The van der Waals surface area contributed by atoms with Crippen LogP contribution in [-0.2, 0) is 22.5 Å². The molecular weight excluding hydrogens is 557 g/mol. The first kappa shape index (κ1) is 30.9. The third kappa shape index (κ3) is 7.89. The molecule has 9 heteroatoms. The Morgan fingerprint density at radius 2 is 1.58 bits per heavy atom. The zero-order valence-corrected chi connectivity index (χ0v) is 24.8. The summed E-state index contributed by atoms with van der Waals surface area (Å²) in [7, 11) is 0. The summed E-state index contributed by atoms with van der Waals surface area (Å²) in [6.07, 6.45) is -0.387. The summed E-state index contributed by atoms with van der Waals surface area (Å²) in [5, 5.41) is 3.53. The largest absolute Gasteiger partial charge is 0.492 e. The van der Waals surface area contributed by atoms with Gasteiger partial charge < -0.3 is 19.5 Å². The number of piperidine rings is 1. The molecule has 4 atom stereocenters. The van der Waals surface area contributed by atoms with Crippen molar-refractivity contribution in [3.63, 3.8) is 0 Å². The third-order valence-corrected chi connectivity index (χ3v) is 8.22. The number of rotatable bonds is 14. The van der Waals surface area contributed by atoms with Crippen LogP contribution in [0.3, 0.4) is 0 Å². The van der Waals surface area contributed by atoms with Gasteiger partial charge in [0.25, 0.3) is 0 Å². The van der Waals surface area contributed by atoms with Crippen LogP contribution >= 0.6 is 0 Å². The van der Waals surface area contributed by atoms with Crippen molar-refractivity contribution in [1.82, 2.24) is 10.2 Å². The van der Waals surface area contributed by atoms with Crippen molar-refractivity contribution in [3.05, 3.63) is 94.8 Å². The van der Waals surface area contributed by atoms with Gasteiger partial charge in [-0.05, 0) is 66.1 Å². The van der Waals surface area contributed by atoms with Crippen LogP contribution < -0.4 is 14.8 Å². The number of nitrogens with zero attached hydrogens (tertiary/aromatic N) is 1. The first-order chi connectivity index (χ1) is 20.7. The number of halogens is 3. The molecule has 1 aliphatic carbocycles. The zero-order valence-electron chi connectivity index (χ0n) is 24.8. The van der Waals surface area contributed by atoms with Gasteiger partial charge >= 0.3 is 5.97 Å². The molecule has 1 unspecified atom stereocenters. The van der Waals surface area contributed by atoms with E-state index < -0.39 is 29.5 Å². The quantitative estimate of drug-likeness (QED) is 0.143. The van der Waals surface area contributed by atoms with E-state index in [1.54, 1.807) is 6.92 Å². The monoisotopic (exact) mass is 596 g/mol. The second kappa shape index (κ2) is 13.8. The molecule has 3 aromatic carbocycles. The summed E-state index contributed by atoms with van der Waals surface area (Å²) in [6.45, 7) is 9.37. The minimum absolute atomic E-state index is 0.185. The number of benzene rings is 3. The number of ether oxygens (including phenoxy) is 3. The summed E-state index contributed by atoms with van der Waals surface area (Å²) in [4.78, 5) is 14.7. The SMILES string of the molecule is CCOC(=O)[C@H](Cc1ccc(OCCNC2[C@H]3CN(Cc4cc(F)c(F)cc4F)C[C@@H]23)cc1)Oc1ccc(C(C)C)cc1. The molecule has 0 aromatic heterocycles. The van der Waals surface area contributed by atoms with E-state index in [9.17, 15) is 18.0 Å². The molecule has 43 heavy (non-hydrogen) atoms. The van der Waals surface area contributed by atoms with Gasteiger partial charge in [-0.25, -0.2) is 18.0 Å². The maximum Gasteiger partial charge on any atom is 0.347 e. The van der Waals surface area contributed by atoms with Gasteiger partial charge in [-0.3, -0.25) is 4.90 Å². The van der Waals surface area contributed by atoms with Crippen molar-refractivity contribution in [3.8, 4) is 11.5 Å². The minimum atomic E-state index is -1.16. The molecule has 1 heterocycles. The average Bonchev–Trinajstić information content (AvgIpc) is 3.43. The lowest BCUT2D eigenvalue weighted by atomic mass is 10.0. The van der Waals surface area contributed by atoms with E-state index in [2.05, 4.69) is 24.1 Å². The molecule has 2 aliphatic rings. The van der Waals surface area contributed by atoms with E-state index >= 15 is 0 Å². The van der Waals surface area contributed by atoms with Crippen molar-refractivity contribution < 1.29 is 32.2 Å². The average molecular weight is 597 g/mol. The van der Waals surface area contributed by atoms with Crippen molar-refractivity contribution in [1.29, 1.82) is 0 Å². The van der Waals surface area contributed by atoms with Gasteiger partial charge in [0.2, 0.25) is 0 Å². The first-order valence-electron chi connectivity index (χ1n) is 15.0. The summed E-state index contributed by atoms with van der Waals surface area (Å²) >= 11 is 0. The maximum absolute atomic E-state index is 14.0. The van der Waals surface area contributed by atoms with Gasteiger partial charge in [-0.15, -0.1) is 0 Å². The second-order valence-corrected chi connectivity index (χ2v) is 11.6. The molecule has 1 N–H and O–H groups in total. The number of hydrogen-bond acceptors (Lipinski definition) is 6. The van der Waals surface area contributed by atoms with Gasteiger partial charge in [0.15, 0.2) is 17.7 Å². The molecule has 6 nitrogen and oxygen atoms in total. The Labute approximate surface area is 251 Å². The molecule has 2 fully saturated rings.